The molecule has 5 nitrogen and oxygen atoms in total. The summed E-state index contributed by atoms with van der Waals surface area (Å²) in [6.45, 7) is 0.181. The molecule has 1 aromatic carbocycles. The zero-order valence-corrected chi connectivity index (χ0v) is 9.88. The number of hydrogen-bond acceptors (Lipinski definition) is 4. The Labute approximate surface area is 99.9 Å². The summed E-state index contributed by atoms with van der Waals surface area (Å²) in [7, 11) is 2.55. The molecule has 5 heteroatoms. The van der Waals surface area contributed by atoms with E-state index in [0.29, 0.717) is 6.54 Å². The van der Waals surface area contributed by atoms with Crippen molar-refractivity contribution in [3.63, 3.8) is 0 Å². The Balaban J connectivity index is 2.70. The normalized spacial score (nSPS) is 9.53. The van der Waals surface area contributed by atoms with E-state index in [1.807, 2.05) is 30.3 Å². The number of methoxy groups -OCH3 is 2. The maximum absolute atomic E-state index is 11.5. The minimum atomic E-state index is -0.556. The molecule has 0 saturated heterocycles. The predicted octanol–water partition coefficient (Wildman–Crippen LogP) is 1.43. The van der Waals surface area contributed by atoms with Gasteiger partial charge in [0.05, 0.1) is 14.2 Å². The summed E-state index contributed by atoms with van der Waals surface area (Å²) < 4.78 is 9.13. The van der Waals surface area contributed by atoms with Crippen LogP contribution >= 0.6 is 0 Å². The lowest BCUT2D eigenvalue weighted by Crippen LogP contribution is -2.35. The summed E-state index contributed by atoms with van der Waals surface area (Å²) >= 11 is 0. The predicted molar refractivity (Wildman–Crippen MR) is 61.3 cm³/mol. The standard InChI is InChI=1S/C12H15NO4/c1-16-11(14)9-13(12(15)17-2)8-10-6-4-3-5-7-10/h3-7H,8-9H2,1-2H3. The Morgan fingerprint density at radius 3 is 2.29 bits per heavy atom. The molecule has 17 heavy (non-hydrogen) atoms. The van der Waals surface area contributed by atoms with Gasteiger partial charge in [0, 0.05) is 6.54 Å². The Hall–Kier alpha value is -2.04. The van der Waals surface area contributed by atoms with Crippen LogP contribution in [0.2, 0.25) is 0 Å². The van der Waals surface area contributed by atoms with Crippen LogP contribution < -0.4 is 0 Å². The largest absolute Gasteiger partial charge is 0.468 e. The Morgan fingerprint density at radius 2 is 1.76 bits per heavy atom. The Kier molecular flexibility index (Phi) is 5.00. The van der Waals surface area contributed by atoms with Gasteiger partial charge < -0.3 is 9.47 Å². The molecule has 0 heterocycles. The number of rotatable bonds is 4. The highest BCUT2D eigenvalue weighted by Gasteiger charge is 2.18. The van der Waals surface area contributed by atoms with Crippen molar-refractivity contribution in [2.75, 3.05) is 20.8 Å². The molecule has 0 aliphatic carbocycles. The van der Waals surface area contributed by atoms with Crippen LogP contribution in [0.1, 0.15) is 5.56 Å². The molecule has 0 bridgehead atoms. The van der Waals surface area contributed by atoms with Gasteiger partial charge in [-0.25, -0.2) is 4.79 Å². The molecule has 0 aliphatic rings. The highest BCUT2D eigenvalue weighted by Crippen LogP contribution is 2.05. The monoisotopic (exact) mass is 237 g/mol. The molecule has 1 rings (SSSR count). The topological polar surface area (TPSA) is 55.8 Å². The molecule has 0 unspecified atom stereocenters. The molecule has 0 atom stereocenters. The number of esters is 1. The van der Waals surface area contributed by atoms with Crippen molar-refractivity contribution < 1.29 is 19.1 Å². The molecule has 0 radical (unpaired) electrons. The van der Waals surface area contributed by atoms with Crippen molar-refractivity contribution in [1.29, 1.82) is 0 Å². The first-order valence-corrected chi connectivity index (χ1v) is 5.11. The molecule has 0 spiro atoms. The van der Waals surface area contributed by atoms with E-state index < -0.39 is 12.1 Å². The molecule has 1 amide bonds. The smallest absolute Gasteiger partial charge is 0.410 e. The molecular formula is C12H15NO4. The van der Waals surface area contributed by atoms with Crippen LogP contribution in [0.5, 0.6) is 0 Å². The van der Waals surface area contributed by atoms with Gasteiger partial charge in [0.2, 0.25) is 0 Å². The lowest BCUT2D eigenvalue weighted by molar-refractivity contribution is -0.141. The number of carbonyl (C=O) groups is 2. The summed E-state index contributed by atoms with van der Waals surface area (Å²) in [5.74, 6) is -0.480. The fourth-order valence-electron chi connectivity index (χ4n) is 1.34. The van der Waals surface area contributed by atoms with Gasteiger partial charge in [-0.3, -0.25) is 9.69 Å². The van der Waals surface area contributed by atoms with Gasteiger partial charge in [0.1, 0.15) is 6.54 Å². The van der Waals surface area contributed by atoms with Gasteiger partial charge in [-0.05, 0) is 5.56 Å². The Morgan fingerprint density at radius 1 is 1.12 bits per heavy atom. The maximum atomic E-state index is 11.5. The van der Waals surface area contributed by atoms with Crippen molar-refractivity contribution in [2.45, 2.75) is 6.54 Å². The number of amides is 1. The van der Waals surface area contributed by atoms with E-state index in [0.717, 1.165) is 5.56 Å². The zero-order valence-electron chi connectivity index (χ0n) is 9.88. The van der Waals surface area contributed by atoms with E-state index in [1.165, 1.54) is 19.1 Å². The number of nitrogens with zero attached hydrogens (tertiary/aromatic N) is 1. The summed E-state index contributed by atoms with van der Waals surface area (Å²) in [4.78, 5) is 23.9. The third-order valence-electron chi connectivity index (χ3n) is 2.20. The van der Waals surface area contributed by atoms with Crippen molar-refractivity contribution >= 4 is 12.1 Å². The number of benzene rings is 1. The Bertz CT molecular complexity index is 377. The van der Waals surface area contributed by atoms with Gasteiger partial charge in [-0.1, -0.05) is 30.3 Å². The molecule has 0 saturated carbocycles. The third kappa shape index (κ3) is 4.14. The molecule has 1 aromatic rings. The van der Waals surface area contributed by atoms with Crippen LogP contribution in [0.4, 0.5) is 4.79 Å². The van der Waals surface area contributed by atoms with Crippen molar-refractivity contribution in [3.05, 3.63) is 35.9 Å². The highest BCUT2D eigenvalue weighted by molar-refractivity contribution is 5.77. The quantitative estimate of drug-likeness (QED) is 0.743. The van der Waals surface area contributed by atoms with Crippen molar-refractivity contribution in [2.24, 2.45) is 0 Å². The lowest BCUT2D eigenvalue weighted by atomic mass is 10.2. The highest BCUT2D eigenvalue weighted by atomic mass is 16.5. The fourth-order valence-corrected chi connectivity index (χ4v) is 1.34. The minimum Gasteiger partial charge on any atom is -0.468 e. The first-order chi connectivity index (χ1) is 8.17. The lowest BCUT2D eigenvalue weighted by Gasteiger charge is -2.19. The van der Waals surface area contributed by atoms with Gasteiger partial charge in [-0.15, -0.1) is 0 Å². The molecule has 0 fully saturated rings. The first-order valence-electron chi connectivity index (χ1n) is 5.11. The van der Waals surface area contributed by atoms with Crippen LogP contribution in [0.15, 0.2) is 30.3 Å². The zero-order chi connectivity index (χ0) is 12.7. The summed E-state index contributed by atoms with van der Waals surface area (Å²) in [5.41, 5.74) is 0.918. The number of ether oxygens (including phenoxy) is 2. The van der Waals surface area contributed by atoms with Crippen LogP contribution in [0.3, 0.4) is 0 Å². The van der Waals surface area contributed by atoms with Crippen LogP contribution in [-0.4, -0.2) is 37.7 Å². The molecule has 0 aromatic heterocycles. The van der Waals surface area contributed by atoms with Gasteiger partial charge in [-0.2, -0.15) is 0 Å². The summed E-state index contributed by atoms with van der Waals surface area (Å²) in [5, 5.41) is 0. The molecule has 0 aliphatic heterocycles. The molecular weight excluding hydrogens is 222 g/mol. The van der Waals surface area contributed by atoms with E-state index in [4.69, 9.17) is 0 Å². The van der Waals surface area contributed by atoms with E-state index in [-0.39, 0.29) is 6.54 Å². The summed E-state index contributed by atoms with van der Waals surface area (Å²) in [6, 6.07) is 9.35. The maximum Gasteiger partial charge on any atom is 0.410 e. The van der Waals surface area contributed by atoms with Gasteiger partial charge in [0.25, 0.3) is 0 Å². The van der Waals surface area contributed by atoms with Crippen molar-refractivity contribution in [3.8, 4) is 0 Å². The van der Waals surface area contributed by atoms with E-state index >= 15 is 0 Å². The number of carbonyl (C=O) groups excluding carboxylic acids is 2. The van der Waals surface area contributed by atoms with Gasteiger partial charge >= 0.3 is 12.1 Å². The second kappa shape index (κ2) is 6.52. The first kappa shape index (κ1) is 13.0. The third-order valence-corrected chi connectivity index (χ3v) is 2.20. The SMILES string of the molecule is COC(=O)CN(Cc1ccccc1)C(=O)OC. The van der Waals surface area contributed by atoms with Crippen LogP contribution in [0, 0.1) is 0 Å². The average Bonchev–Trinajstić information content (AvgIpc) is 2.38. The van der Waals surface area contributed by atoms with Gasteiger partial charge in [0.15, 0.2) is 0 Å². The average molecular weight is 237 g/mol. The second-order valence-corrected chi connectivity index (χ2v) is 3.39. The minimum absolute atomic E-state index is 0.127. The van der Waals surface area contributed by atoms with Crippen LogP contribution in [0.25, 0.3) is 0 Å². The fraction of sp³-hybridized carbons (Fsp3) is 0.333. The molecule has 0 N–H and O–H groups in total. The van der Waals surface area contributed by atoms with Crippen molar-refractivity contribution in [1.82, 2.24) is 4.90 Å². The number of hydrogen-bond donors (Lipinski definition) is 0. The van der Waals surface area contributed by atoms with Crippen LogP contribution in [-0.2, 0) is 20.8 Å². The van der Waals surface area contributed by atoms with E-state index in [1.54, 1.807) is 0 Å². The second-order valence-electron chi connectivity index (χ2n) is 3.39. The van der Waals surface area contributed by atoms with E-state index in [9.17, 15) is 9.59 Å². The summed E-state index contributed by atoms with van der Waals surface area (Å²) in [6.07, 6.45) is -0.556. The molecule has 92 valence electrons. The van der Waals surface area contributed by atoms with E-state index in [2.05, 4.69) is 9.47 Å².